The predicted molar refractivity (Wildman–Crippen MR) is 131 cm³/mol. The van der Waals surface area contributed by atoms with E-state index >= 15 is 0 Å². The summed E-state index contributed by atoms with van der Waals surface area (Å²) in [4.78, 5) is 13.3. The van der Waals surface area contributed by atoms with Gasteiger partial charge in [-0.05, 0) is 41.0 Å². The zero-order chi connectivity index (χ0) is 28.3. The molecule has 40 heavy (non-hydrogen) atoms. The van der Waals surface area contributed by atoms with Gasteiger partial charge in [-0.25, -0.2) is 0 Å². The Morgan fingerprint density at radius 3 is 2.17 bits per heavy atom. The van der Waals surface area contributed by atoms with Gasteiger partial charge in [0.15, 0.2) is 29.3 Å². The van der Waals surface area contributed by atoms with Gasteiger partial charge in [0.05, 0.1) is 39.5 Å². The number of carbonyl (C=O) groups is 1. The number of ether oxygens (including phenoxy) is 7. The van der Waals surface area contributed by atoms with Crippen LogP contribution in [0.15, 0.2) is 24.3 Å². The van der Waals surface area contributed by atoms with Gasteiger partial charge in [-0.2, -0.15) is 0 Å². The Balaban J connectivity index is 1.48. The minimum absolute atomic E-state index is 0.00309. The number of aromatic hydroxyl groups is 1. The number of hydrogen-bond acceptors (Lipinski definition) is 13. The maximum absolute atomic E-state index is 13.3. The smallest absolute Gasteiger partial charge is 0.310 e. The van der Waals surface area contributed by atoms with Crippen LogP contribution in [0, 0.1) is 11.8 Å². The molecule has 0 unspecified atom stereocenters. The van der Waals surface area contributed by atoms with Crippen LogP contribution in [0.4, 0.5) is 0 Å². The highest BCUT2D eigenvalue weighted by Crippen LogP contribution is 2.57. The number of cyclic esters (lactones) is 1. The second-order valence-corrected chi connectivity index (χ2v) is 10.2. The molecule has 1 aliphatic carbocycles. The molecule has 13 nitrogen and oxygen atoms in total. The number of esters is 1. The van der Waals surface area contributed by atoms with Gasteiger partial charge in [-0.15, -0.1) is 0 Å². The number of aliphatic hydroxyl groups excluding tert-OH is 4. The monoisotopic (exact) mass is 562 g/mol. The molecule has 0 spiro atoms. The topological polar surface area (TPSA) is 183 Å². The fourth-order valence-electron chi connectivity index (χ4n) is 6.10. The molecule has 4 aliphatic rings. The van der Waals surface area contributed by atoms with Gasteiger partial charge < -0.3 is 58.7 Å². The summed E-state index contributed by atoms with van der Waals surface area (Å²) in [6.45, 7) is -0.635. The number of rotatable bonds is 6. The molecule has 0 saturated carbocycles. The number of carbonyl (C=O) groups excluding carboxylic acids is 1. The van der Waals surface area contributed by atoms with E-state index in [2.05, 4.69) is 0 Å². The number of phenols is 1. The van der Waals surface area contributed by atoms with E-state index in [1.165, 1.54) is 14.2 Å². The zero-order valence-corrected chi connectivity index (χ0v) is 21.6. The Morgan fingerprint density at radius 1 is 0.900 bits per heavy atom. The fraction of sp³-hybridized carbons (Fsp3) is 0.519. The van der Waals surface area contributed by atoms with Gasteiger partial charge in [0.1, 0.15) is 24.4 Å². The van der Waals surface area contributed by atoms with E-state index < -0.39 is 67.1 Å². The van der Waals surface area contributed by atoms with Crippen LogP contribution in [0.25, 0.3) is 0 Å². The number of fused-ring (bicyclic) bond motifs is 3. The lowest BCUT2D eigenvalue weighted by molar-refractivity contribution is -0.317. The molecule has 0 radical (unpaired) electrons. The Labute approximate surface area is 228 Å². The molecular weight excluding hydrogens is 532 g/mol. The molecule has 0 bridgehead atoms. The van der Waals surface area contributed by atoms with Crippen LogP contribution in [0.3, 0.4) is 0 Å². The number of methoxy groups -OCH3 is 2. The average Bonchev–Trinajstić information content (AvgIpc) is 3.58. The molecule has 216 valence electrons. The molecule has 5 N–H and O–H groups in total. The van der Waals surface area contributed by atoms with Crippen molar-refractivity contribution in [3.05, 3.63) is 41.0 Å². The number of hydrogen-bond donors (Lipinski definition) is 5. The molecule has 3 heterocycles. The molecule has 13 heteroatoms. The van der Waals surface area contributed by atoms with E-state index in [0.717, 1.165) is 0 Å². The molecule has 0 amide bonds. The second kappa shape index (κ2) is 10.3. The molecule has 9 atom stereocenters. The minimum atomic E-state index is -1.64. The van der Waals surface area contributed by atoms with Crippen molar-refractivity contribution in [1.82, 2.24) is 0 Å². The van der Waals surface area contributed by atoms with Crippen LogP contribution in [-0.4, -0.2) is 96.4 Å². The van der Waals surface area contributed by atoms with Crippen molar-refractivity contribution in [2.24, 2.45) is 11.8 Å². The van der Waals surface area contributed by atoms with Gasteiger partial charge in [-0.1, -0.05) is 0 Å². The van der Waals surface area contributed by atoms with Crippen molar-refractivity contribution >= 4 is 5.97 Å². The van der Waals surface area contributed by atoms with Crippen LogP contribution in [-0.2, 0) is 19.0 Å². The third-order valence-corrected chi connectivity index (χ3v) is 8.11. The first-order valence-electron chi connectivity index (χ1n) is 12.8. The summed E-state index contributed by atoms with van der Waals surface area (Å²) in [7, 11) is 2.81. The molecular formula is C27H30O13. The molecule has 2 aromatic carbocycles. The Bertz CT molecular complexity index is 1270. The van der Waals surface area contributed by atoms with Gasteiger partial charge in [0.2, 0.25) is 12.5 Å². The highest BCUT2D eigenvalue weighted by molar-refractivity contribution is 5.79. The lowest BCUT2D eigenvalue weighted by atomic mass is 9.66. The van der Waals surface area contributed by atoms with Crippen molar-refractivity contribution in [3.63, 3.8) is 0 Å². The van der Waals surface area contributed by atoms with Gasteiger partial charge in [0.25, 0.3) is 0 Å². The SMILES string of the molecule is COc1cc([C@@H]2c3cc4c(cc3[C@H](O[C@@H]3O[C@H](CO)[C@@H](O)[C@H](O)[C@H]3O)[C@H]3COC(=O)[C@@H]23)OCO4)cc(OC)c1O. The van der Waals surface area contributed by atoms with Crippen LogP contribution in [0.5, 0.6) is 28.7 Å². The largest absolute Gasteiger partial charge is 0.502 e. The molecule has 0 aromatic heterocycles. The van der Waals surface area contributed by atoms with Crippen molar-refractivity contribution in [3.8, 4) is 28.7 Å². The third-order valence-electron chi connectivity index (χ3n) is 8.11. The molecule has 2 aromatic rings. The highest BCUT2D eigenvalue weighted by atomic mass is 16.7. The maximum atomic E-state index is 13.3. The van der Waals surface area contributed by atoms with Crippen molar-refractivity contribution in [1.29, 1.82) is 0 Å². The van der Waals surface area contributed by atoms with E-state index in [0.29, 0.717) is 28.2 Å². The number of aliphatic hydroxyl groups is 4. The van der Waals surface area contributed by atoms with Crippen molar-refractivity contribution in [2.75, 3.05) is 34.2 Å². The first kappa shape index (κ1) is 26.9. The first-order chi connectivity index (χ1) is 19.3. The second-order valence-electron chi connectivity index (χ2n) is 10.2. The van der Waals surface area contributed by atoms with E-state index in [9.17, 15) is 30.3 Å². The zero-order valence-electron chi connectivity index (χ0n) is 21.6. The standard InChI is InChI=1S/C27H30O13/c1-34-16-3-10(4-17(35-2)21(16)29)19-11-5-14-15(38-9-37-14)6-12(11)25(13-8-36-26(33)20(13)19)40-27-24(32)23(31)22(30)18(7-28)39-27/h3-6,13,18-20,22-25,27-32H,7-9H2,1-2H3/t13-,18+,19+,20+,22+,23-,24+,25-,27-/m0/s1. The lowest BCUT2D eigenvalue weighted by Crippen LogP contribution is -2.59. The van der Waals surface area contributed by atoms with Crippen LogP contribution < -0.4 is 18.9 Å². The predicted octanol–water partition coefficient (Wildman–Crippen LogP) is -0.0696. The maximum Gasteiger partial charge on any atom is 0.310 e. The molecule has 2 fully saturated rings. The Kier molecular flexibility index (Phi) is 6.89. The Hall–Kier alpha value is -3.33. The van der Waals surface area contributed by atoms with Crippen LogP contribution in [0.1, 0.15) is 28.7 Å². The molecule has 6 rings (SSSR count). The first-order valence-corrected chi connectivity index (χ1v) is 12.8. The quantitative estimate of drug-likeness (QED) is 0.295. The van der Waals surface area contributed by atoms with Crippen LogP contribution >= 0.6 is 0 Å². The number of phenolic OH excluding ortho intramolecular Hbond substituents is 1. The lowest BCUT2D eigenvalue weighted by Gasteiger charge is -2.44. The fourth-order valence-corrected chi connectivity index (χ4v) is 6.10. The Morgan fingerprint density at radius 2 is 1.55 bits per heavy atom. The highest BCUT2D eigenvalue weighted by Gasteiger charge is 2.55. The average molecular weight is 563 g/mol. The summed E-state index contributed by atoms with van der Waals surface area (Å²) in [6, 6.07) is 6.73. The summed E-state index contributed by atoms with van der Waals surface area (Å²) in [5.74, 6) is -1.43. The van der Waals surface area contributed by atoms with E-state index in [4.69, 9.17) is 33.2 Å². The van der Waals surface area contributed by atoms with Crippen LogP contribution in [0.2, 0.25) is 0 Å². The van der Waals surface area contributed by atoms with Gasteiger partial charge in [-0.3, -0.25) is 4.79 Å². The van der Waals surface area contributed by atoms with Gasteiger partial charge >= 0.3 is 5.97 Å². The molecule has 3 aliphatic heterocycles. The molecule has 2 saturated heterocycles. The summed E-state index contributed by atoms with van der Waals surface area (Å²) in [6.07, 6.45) is -8.35. The van der Waals surface area contributed by atoms with E-state index in [1.807, 2.05) is 0 Å². The van der Waals surface area contributed by atoms with E-state index in [-0.39, 0.29) is 30.6 Å². The summed E-state index contributed by atoms with van der Waals surface area (Å²) < 4.78 is 39.4. The van der Waals surface area contributed by atoms with Gasteiger partial charge in [0, 0.05) is 11.8 Å². The third kappa shape index (κ3) is 4.12. The van der Waals surface area contributed by atoms with E-state index in [1.54, 1.807) is 24.3 Å². The summed E-state index contributed by atoms with van der Waals surface area (Å²) in [5.41, 5.74) is 1.83. The summed E-state index contributed by atoms with van der Waals surface area (Å²) in [5, 5.41) is 51.4. The normalized spacial score (nSPS) is 34.1. The minimum Gasteiger partial charge on any atom is -0.502 e. The number of benzene rings is 2. The van der Waals surface area contributed by atoms with Crippen molar-refractivity contribution in [2.45, 2.75) is 42.7 Å². The van der Waals surface area contributed by atoms with Crippen molar-refractivity contribution < 1.29 is 63.5 Å². The summed E-state index contributed by atoms with van der Waals surface area (Å²) >= 11 is 0.